The number of aromatic amines is 2. The third-order valence-electron chi connectivity index (χ3n) is 2.79. The van der Waals surface area contributed by atoms with Crippen molar-refractivity contribution >= 4 is 37.8 Å². The van der Waals surface area contributed by atoms with E-state index >= 15 is 0 Å². The summed E-state index contributed by atoms with van der Waals surface area (Å²) in [5, 5.41) is 1.08. The third kappa shape index (κ3) is 2.60. The molecule has 1 aromatic carbocycles. The van der Waals surface area contributed by atoms with Crippen LogP contribution in [0.4, 0.5) is 5.69 Å². The Balaban J connectivity index is 2.02. The molecule has 3 aromatic rings. The van der Waals surface area contributed by atoms with Gasteiger partial charge in [0.1, 0.15) is 0 Å². The average molecular weight is 323 g/mol. The Labute approximate surface area is 122 Å². The molecule has 0 aliphatic carbocycles. The van der Waals surface area contributed by atoms with Gasteiger partial charge in [0, 0.05) is 23.5 Å². The van der Waals surface area contributed by atoms with Gasteiger partial charge in [-0.3, -0.25) is 14.3 Å². The molecule has 0 aliphatic rings. The zero-order valence-corrected chi connectivity index (χ0v) is 12.0. The molecule has 7 nitrogen and oxygen atoms in total. The van der Waals surface area contributed by atoms with E-state index in [1.807, 2.05) is 0 Å². The number of thiazole rings is 1. The van der Waals surface area contributed by atoms with Gasteiger partial charge in [0.25, 0.3) is 15.6 Å². The summed E-state index contributed by atoms with van der Waals surface area (Å²) in [7, 11) is -3.82. The van der Waals surface area contributed by atoms with Crippen LogP contribution in [-0.2, 0) is 10.0 Å². The number of pyridine rings is 1. The van der Waals surface area contributed by atoms with E-state index in [1.165, 1.54) is 18.3 Å². The molecule has 0 bridgehead atoms. The third-order valence-corrected chi connectivity index (χ3v) is 5.47. The van der Waals surface area contributed by atoms with Crippen molar-refractivity contribution in [3.63, 3.8) is 0 Å². The molecular weight excluding hydrogens is 314 g/mol. The van der Waals surface area contributed by atoms with Crippen LogP contribution in [0.15, 0.2) is 50.5 Å². The van der Waals surface area contributed by atoms with Crippen molar-refractivity contribution in [1.82, 2.24) is 9.97 Å². The summed E-state index contributed by atoms with van der Waals surface area (Å²) in [6.45, 7) is 0. The van der Waals surface area contributed by atoms with Crippen molar-refractivity contribution in [2.75, 3.05) is 4.72 Å². The molecule has 2 aromatic heterocycles. The van der Waals surface area contributed by atoms with Gasteiger partial charge in [0.15, 0.2) is 4.21 Å². The molecule has 9 heteroatoms. The van der Waals surface area contributed by atoms with E-state index in [4.69, 9.17) is 0 Å². The molecule has 0 aliphatic heterocycles. The second-order valence-corrected chi connectivity index (χ2v) is 7.14. The van der Waals surface area contributed by atoms with Crippen molar-refractivity contribution in [2.24, 2.45) is 0 Å². The summed E-state index contributed by atoms with van der Waals surface area (Å²) in [6, 6.07) is 6.25. The zero-order valence-electron chi connectivity index (χ0n) is 10.4. The molecule has 0 fully saturated rings. The smallest absolute Gasteiger partial charge is 0.305 e. The SMILES string of the molecule is O=c1[nH]cc(S(=O)(=O)Nc2ccc3c(=O)[nH]ccc3c2)s1. The predicted molar refractivity (Wildman–Crippen MR) is 80.3 cm³/mol. The highest BCUT2D eigenvalue weighted by molar-refractivity contribution is 7.94. The van der Waals surface area contributed by atoms with E-state index < -0.39 is 14.9 Å². The number of aromatic nitrogens is 2. The maximum absolute atomic E-state index is 12.1. The van der Waals surface area contributed by atoms with Crippen molar-refractivity contribution in [1.29, 1.82) is 0 Å². The van der Waals surface area contributed by atoms with Crippen LogP contribution in [0.1, 0.15) is 0 Å². The predicted octanol–water partition coefficient (Wildman–Crippen LogP) is 1.08. The van der Waals surface area contributed by atoms with Crippen LogP contribution in [0.3, 0.4) is 0 Å². The van der Waals surface area contributed by atoms with Crippen LogP contribution in [0, 0.1) is 0 Å². The molecule has 21 heavy (non-hydrogen) atoms. The van der Waals surface area contributed by atoms with Gasteiger partial charge < -0.3 is 9.97 Å². The van der Waals surface area contributed by atoms with E-state index in [-0.39, 0.29) is 9.77 Å². The lowest BCUT2D eigenvalue weighted by Gasteiger charge is -2.06. The Morgan fingerprint density at radius 1 is 1.10 bits per heavy atom. The Kier molecular flexibility index (Phi) is 3.15. The minimum absolute atomic E-state index is 0.0986. The molecule has 0 unspecified atom stereocenters. The summed E-state index contributed by atoms with van der Waals surface area (Å²) in [4.78, 5) is 27.0. The van der Waals surface area contributed by atoms with Crippen LogP contribution in [0.5, 0.6) is 0 Å². The molecule has 3 rings (SSSR count). The molecule has 0 amide bonds. The quantitative estimate of drug-likeness (QED) is 0.669. The molecule has 2 heterocycles. The Morgan fingerprint density at radius 2 is 1.90 bits per heavy atom. The minimum atomic E-state index is -3.82. The van der Waals surface area contributed by atoms with Gasteiger partial charge >= 0.3 is 4.87 Å². The number of fused-ring (bicyclic) bond motifs is 1. The van der Waals surface area contributed by atoms with Gasteiger partial charge in [0.2, 0.25) is 0 Å². The molecule has 0 spiro atoms. The number of nitrogens with one attached hydrogen (secondary N) is 3. The molecule has 0 saturated carbocycles. The highest BCUT2D eigenvalue weighted by atomic mass is 32.2. The summed E-state index contributed by atoms with van der Waals surface area (Å²) in [5.41, 5.74) is 0.0692. The first-order valence-electron chi connectivity index (χ1n) is 5.78. The Hall–Kier alpha value is -2.39. The lowest BCUT2D eigenvalue weighted by atomic mass is 10.1. The first-order chi connectivity index (χ1) is 9.95. The molecule has 3 N–H and O–H groups in total. The van der Waals surface area contributed by atoms with Crippen LogP contribution in [-0.4, -0.2) is 18.4 Å². The molecule has 0 atom stereocenters. The van der Waals surface area contributed by atoms with Gasteiger partial charge in [-0.15, -0.1) is 0 Å². The van der Waals surface area contributed by atoms with Crippen molar-refractivity contribution in [3.8, 4) is 0 Å². The van der Waals surface area contributed by atoms with Gasteiger partial charge in [-0.2, -0.15) is 0 Å². The first kappa shape index (κ1) is 13.6. The van der Waals surface area contributed by atoms with Gasteiger partial charge in [-0.05, 0) is 29.7 Å². The number of rotatable bonds is 3. The van der Waals surface area contributed by atoms with E-state index in [1.54, 1.807) is 12.1 Å². The molecule has 0 saturated heterocycles. The lowest BCUT2D eigenvalue weighted by molar-refractivity contribution is 0.603. The monoisotopic (exact) mass is 323 g/mol. The number of H-pyrrole nitrogens is 2. The Morgan fingerprint density at radius 3 is 2.62 bits per heavy atom. The summed E-state index contributed by atoms with van der Waals surface area (Å²) in [5.74, 6) is 0. The van der Waals surface area contributed by atoms with E-state index in [0.29, 0.717) is 27.8 Å². The normalized spacial score (nSPS) is 11.6. The maximum Gasteiger partial charge on any atom is 0.305 e. The fraction of sp³-hybridized carbons (Fsp3) is 0. The van der Waals surface area contributed by atoms with Gasteiger partial charge in [-0.1, -0.05) is 11.3 Å². The standard InChI is InChI=1S/C12H9N3O4S2/c16-11-9-2-1-8(5-7(9)3-4-13-11)15-21(18,19)10-6-14-12(17)20-10/h1-6,15H,(H,13,16)(H,14,17). The fourth-order valence-corrected chi connectivity index (χ4v) is 3.82. The van der Waals surface area contributed by atoms with E-state index in [2.05, 4.69) is 14.7 Å². The van der Waals surface area contributed by atoms with E-state index in [0.717, 1.165) is 6.20 Å². The second kappa shape index (κ2) is 4.86. The highest BCUT2D eigenvalue weighted by Gasteiger charge is 2.17. The number of hydrogen-bond acceptors (Lipinski definition) is 5. The highest BCUT2D eigenvalue weighted by Crippen LogP contribution is 2.20. The van der Waals surface area contributed by atoms with Crippen LogP contribution in [0.2, 0.25) is 0 Å². The van der Waals surface area contributed by atoms with Crippen LogP contribution < -0.4 is 15.2 Å². The fourth-order valence-electron chi connectivity index (χ4n) is 1.86. The topological polar surface area (TPSA) is 112 Å². The maximum atomic E-state index is 12.1. The Bertz CT molecular complexity index is 1030. The van der Waals surface area contributed by atoms with Crippen molar-refractivity contribution in [3.05, 3.63) is 56.7 Å². The van der Waals surface area contributed by atoms with Crippen molar-refractivity contribution < 1.29 is 8.42 Å². The number of benzene rings is 1. The van der Waals surface area contributed by atoms with Crippen LogP contribution in [0.25, 0.3) is 10.8 Å². The zero-order chi connectivity index (χ0) is 15.0. The summed E-state index contributed by atoms with van der Waals surface area (Å²) in [6.07, 6.45) is 2.63. The van der Waals surface area contributed by atoms with Crippen LogP contribution >= 0.6 is 11.3 Å². The van der Waals surface area contributed by atoms with E-state index in [9.17, 15) is 18.0 Å². The molecule has 0 radical (unpaired) electrons. The average Bonchev–Trinajstić information content (AvgIpc) is 2.86. The number of hydrogen-bond donors (Lipinski definition) is 3. The van der Waals surface area contributed by atoms with Gasteiger partial charge in [-0.25, -0.2) is 8.42 Å². The second-order valence-electron chi connectivity index (χ2n) is 4.21. The summed E-state index contributed by atoms with van der Waals surface area (Å²) >= 11 is 0.603. The molecule has 108 valence electrons. The largest absolute Gasteiger partial charge is 0.329 e. The minimum Gasteiger partial charge on any atom is -0.329 e. The summed E-state index contributed by atoms with van der Waals surface area (Å²) < 4.78 is 26.5. The molecular formula is C12H9N3O4S2. The number of sulfonamides is 1. The lowest BCUT2D eigenvalue weighted by Crippen LogP contribution is -2.12. The first-order valence-corrected chi connectivity index (χ1v) is 8.08. The van der Waals surface area contributed by atoms with Crippen molar-refractivity contribution in [2.45, 2.75) is 4.21 Å². The van der Waals surface area contributed by atoms with Gasteiger partial charge in [0.05, 0.1) is 0 Å². The number of anilines is 1.